The first-order chi connectivity index (χ1) is 9.74. The zero-order valence-electron chi connectivity index (χ0n) is 12.2. The van der Waals surface area contributed by atoms with Crippen LogP contribution in [0.3, 0.4) is 0 Å². The molecule has 0 radical (unpaired) electrons. The number of benzene rings is 1. The van der Waals surface area contributed by atoms with Gasteiger partial charge in [0, 0.05) is 19.6 Å². The second kappa shape index (κ2) is 7.41. The summed E-state index contributed by atoms with van der Waals surface area (Å²) in [5.74, 6) is 0.390. The maximum atomic E-state index is 12.3. The predicted octanol–water partition coefficient (Wildman–Crippen LogP) is 1.19. The Morgan fingerprint density at radius 1 is 1.45 bits per heavy atom. The van der Waals surface area contributed by atoms with E-state index in [-0.39, 0.29) is 11.8 Å². The Morgan fingerprint density at radius 2 is 2.20 bits per heavy atom. The molecule has 0 spiro atoms. The molecule has 0 aromatic heterocycles. The molecule has 1 aliphatic heterocycles. The van der Waals surface area contributed by atoms with Crippen molar-refractivity contribution in [2.75, 3.05) is 32.7 Å². The normalized spacial score (nSPS) is 20.8. The molecule has 0 saturated carbocycles. The molecule has 2 rings (SSSR count). The van der Waals surface area contributed by atoms with Crippen LogP contribution < -0.4 is 11.1 Å². The van der Waals surface area contributed by atoms with E-state index >= 15 is 0 Å². The molecule has 1 aromatic rings. The molecule has 4 heteroatoms. The maximum absolute atomic E-state index is 12.3. The van der Waals surface area contributed by atoms with Gasteiger partial charge in [-0.3, -0.25) is 4.79 Å². The van der Waals surface area contributed by atoms with Crippen molar-refractivity contribution in [2.45, 2.75) is 19.3 Å². The summed E-state index contributed by atoms with van der Waals surface area (Å²) in [6, 6.07) is 9.77. The fraction of sp³-hybridized carbons (Fsp3) is 0.562. The van der Waals surface area contributed by atoms with Gasteiger partial charge in [-0.05, 0) is 31.0 Å². The van der Waals surface area contributed by atoms with Crippen LogP contribution in [0.2, 0.25) is 0 Å². The van der Waals surface area contributed by atoms with Crippen molar-refractivity contribution in [3.63, 3.8) is 0 Å². The van der Waals surface area contributed by atoms with Crippen LogP contribution in [-0.4, -0.2) is 43.5 Å². The first-order valence-corrected chi connectivity index (χ1v) is 7.49. The van der Waals surface area contributed by atoms with E-state index in [9.17, 15) is 4.79 Å². The molecule has 1 aliphatic rings. The van der Waals surface area contributed by atoms with Gasteiger partial charge in [0.05, 0.1) is 5.92 Å². The number of hydrogen-bond donors (Lipinski definition) is 2. The van der Waals surface area contributed by atoms with Gasteiger partial charge in [0.25, 0.3) is 0 Å². The van der Waals surface area contributed by atoms with E-state index in [1.54, 1.807) is 0 Å². The largest absolute Gasteiger partial charge is 0.355 e. The standard InChI is InChI=1S/C16H25N3O/c1-2-19-9-8-13(12-19)11-18-16(20)15(10-17)14-6-4-3-5-7-14/h3-7,13,15H,2,8-12,17H2,1H3,(H,18,20). The molecule has 110 valence electrons. The Bertz CT molecular complexity index is 421. The minimum atomic E-state index is -0.236. The minimum Gasteiger partial charge on any atom is -0.355 e. The summed E-state index contributed by atoms with van der Waals surface area (Å²) < 4.78 is 0. The van der Waals surface area contributed by atoms with Gasteiger partial charge in [0.15, 0.2) is 0 Å². The summed E-state index contributed by atoms with van der Waals surface area (Å²) in [5.41, 5.74) is 6.76. The van der Waals surface area contributed by atoms with Gasteiger partial charge in [0.1, 0.15) is 0 Å². The van der Waals surface area contributed by atoms with Crippen molar-refractivity contribution < 1.29 is 4.79 Å². The fourth-order valence-electron chi connectivity index (χ4n) is 2.81. The second-order valence-corrected chi connectivity index (χ2v) is 5.49. The molecular formula is C16H25N3O. The zero-order valence-corrected chi connectivity index (χ0v) is 12.2. The van der Waals surface area contributed by atoms with Crippen LogP contribution in [0, 0.1) is 5.92 Å². The van der Waals surface area contributed by atoms with E-state index < -0.39 is 0 Å². The number of likely N-dealkylation sites (tertiary alicyclic amines) is 1. The average molecular weight is 275 g/mol. The Balaban J connectivity index is 1.84. The molecule has 2 atom stereocenters. The summed E-state index contributed by atoms with van der Waals surface area (Å²) in [5, 5.41) is 3.07. The van der Waals surface area contributed by atoms with Gasteiger partial charge in [0.2, 0.25) is 5.91 Å². The number of rotatable bonds is 6. The van der Waals surface area contributed by atoms with Crippen LogP contribution >= 0.6 is 0 Å². The van der Waals surface area contributed by atoms with Crippen LogP contribution in [0.1, 0.15) is 24.8 Å². The zero-order chi connectivity index (χ0) is 14.4. The number of amides is 1. The molecule has 1 amide bonds. The average Bonchev–Trinajstić information content (AvgIpc) is 2.95. The van der Waals surface area contributed by atoms with Crippen molar-refractivity contribution in [1.29, 1.82) is 0 Å². The highest BCUT2D eigenvalue weighted by atomic mass is 16.1. The van der Waals surface area contributed by atoms with Crippen LogP contribution in [-0.2, 0) is 4.79 Å². The van der Waals surface area contributed by atoms with Crippen molar-refractivity contribution in [3.05, 3.63) is 35.9 Å². The molecule has 3 N–H and O–H groups in total. The Hall–Kier alpha value is -1.39. The third-order valence-corrected chi connectivity index (χ3v) is 4.14. The van der Waals surface area contributed by atoms with Gasteiger partial charge < -0.3 is 16.0 Å². The van der Waals surface area contributed by atoms with Crippen molar-refractivity contribution in [2.24, 2.45) is 11.7 Å². The van der Waals surface area contributed by atoms with Gasteiger partial charge in [-0.25, -0.2) is 0 Å². The van der Waals surface area contributed by atoms with Gasteiger partial charge in [-0.1, -0.05) is 37.3 Å². The highest BCUT2D eigenvalue weighted by molar-refractivity contribution is 5.83. The molecule has 1 heterocycles. The van der Waals surface area contributed by atoms with Gasteiger partial charge >= 0.3 is 0 Å². The first kappa shape index (κ1) is 15.0. The molecular weight excluding hydrogens is 250 g/mol. The molecule has 0 aliphatic carbocycles. The molecule has 20 heavy (non-hydrogen) atoms. The molecule has 1 aromatic carbocycles. The smallest absolute Gasteiger partial charge is 0.228 e. The van der Waals surface area contributed by atoms with Crippen molar-refractivity contribution in [1.82, 2.24) is 10.2 Å². The maximum Gasteiger partial charge on any atom is 0.228 e. The summed E-state index contributed by atoms with van der Waals surface area (Å²) in [7, 11) is 0. The lowest BCUT2D eigenvalue weighted by molar-refractivity contribution is -0.122. The van der Waals surface area contributed by atoms with Crippen LogP contribution in [0.5, 0.6) is 0 Å². The van der Waals surface area contributed by atoms with Gasteiger partial charge in [-0.15, -0.1) is 0 Å². The lowest BCUT2D eigenvalue weighted by Gasteiger charge is -2.18. The minimum absolute atomic E-state index is 0.0497. The Kier molecular flexibility index (Phi) is 5.56. The number of carbonyl (C=O) groups is 1. The Labute approximate surface area is 121 Å². The van der Waals surface area contributed by atoms with Crippen LogP contribution in [0.15, 0.2) is 30.3 Å². The monoisotopic (exact) mass is 275 g/mol. The van der Waals surface area contributed by atoms with E-state index in [4.69, 9.17) is 5.73 Å². The first-order valence-electron chi connectivity index (χ1n) is 7.49. The lowest BCUT2D eigenvalue weighted by atomic mass is 9.98. The number of nitrogens with two attached hydrogens (primary N) is 1. The fourth-order valence-corrected chi connectivity index (χ4v) is 2.81. The van der Waals surface area contributed by atoms with E-state index in [1.807, 2.05) is 30.3 Å². The summed E-state index contributed by atoms with van der Waals surface area (Å²) >= 11 is 0. The summed E-state index contributed by atoms with van der Waals surface area (Å²) in [6.07, 6.45) is 1.17. The topological polar surface area (TPSA) is 58.4 Å². The molecule has 0 bridgehead atoms. The number of nitrogens with one attached hydrogen (secondary N) is 1. The van der Waals surface area contributed by atoms with E-state index in [2.05, 4.69) is 17.1 Å². The van der Waals surface area contributed by atoms with Gasteiger partial charge in [-0.2, -0.15) is 0 Å². The Morgan fingerprint density at radius 3 is 2.80 bits per heavy atom. The highest BCUT2D eigenvalue weighted by Crippen LogP contribution is 2.17. The van der Waals surface area contributed by atoms with Crippen LogP contribution in [0.4, 0.5) is 0 Å². The van der Waals surface area contributed by atoms with E-state index in [0.29, 0.717) is 12.5 Å². The van der Waals surface area contributed by atoms with E-state index in [0.717, 1.165) is 31.7 Å². The molecule has 1 fully saturated rings. The predicted molar refractivity (Wildman–Crippen MR) is 81.5 cm³/mol. The van der Waals surface area contributed by atoms with E-state index in [1.165, 1.54) is 6.42 Å². The molecule has 2 unspecified atom stereocenters. The quantitative estimate of drug-likeness (QED) is 0.820. The van der Waals surface area contributed by atoms with Crippen LogP contribution in [0.25, 0.3) is 0 Å². The highest BCUT2D eigenvalue weighted by Gasteiger charge is 2.23. The molecule has 4 nitrogen and oxygen atoms in total. The third kappa shape index (κ3) is 3.81. The second-order valence-electron chi connectivity index (χ2n) is 5.49. The number of carbonyl (C=O) groups excluding carboxylic acids is 1. The van der Waals surface area contributed by atoms with Crippen molar-refractivity contribution >= 4 is 5.91 Å². The number of hydrogen-bond acceptors (Lipinski definition) is 3. The molecule has 1 saturated heterocycles. The third-order valence-electron chi connectivity index (χ3n) is 4.14. The summed E-state index contributed by atoms with van der Waals surface area (Å²) in [6.45, 7) is 6.63. The number of nitrogens with zero attached hydrogens (tertiary/aromatic N) is 1. The lowest BCUT2D eigenvalue weighted by Crippen LogP contribution is -2.37. The van der Waals surface area contributed by atoms with Crippen molar-refractivity contribution in [3.8, 4) is 0 Å². The summed E-state index contributed by atoms with van der Waals surface area (Å²) in [4.78, 5) is 14.7. The SMILES string of the molecule is CCN1CCC(CNC(=O)C(CN)c2ccccc2)C1.